The molecule has 0 N–H and O–H groups in total. The minimum atomic E-state index is -0.760. The molecule has 0 aliphatic rings. The number of Topliss-reactive ketones (excluding diaryl/α,β-unsaturated/α-hetero) is 2. The summed E-state index contributed by atoms with van der Waals surface area (Å²) in [4.78, 5) is 45.7. The second-order valence-corrected chi connectivity index (χ2v) is 5.93. The quantitative estimate of drug-likeness (QED) is 0.282. The Labute approximate surface area is 161 Å². The van der Waals surface area contributed by atoms with Crippen LogP contribution < -0.4 is 4.74 Å². The molecule has 0 bridgehead atoms. The predicted molar refractivity (Wildman–Crippen MR) is 99.7 cm³/mol. The van der Waals surface area contributed by atoms with Crippen LogP contribution in [0.1, 0.15) is 39.6 Å². The number of rotatable bonds is 9. The number of carbonyl (C=O) groups is 3. The van der Waals surface area contributed by atoms with E-state index in [1.807, 2.05) is 0 Å². The van der Waals surface area contributed by atoms with E-state index in [1.165, 1.54) is 12.1 Å². The normalized spacial score (nSPS) is 10.2. The molecule has 2 aromatic carbocycles. The van der Waals surface area contributed by atoms with Gasteiger partial charge in [0.1, 0.15) is 5.75 Å². The first-order chi connectivity index (χ1) is 13.3. The van der Waals surface area contributed by atoms with E-state index >= 15 is 0 Å². The van der Waals surface area contributed by atoms with Crippen molar-refractivity contribution in [3.8, 4) is 5.75 Å². The Morgan fingerprint density at radius 3 is 2.21 bits per heavy atom. The molecule has 0 saturated heterocycles. The Bertz CT molecular complexity index is 903. The SMILES string of the molecule is CCC(=O)c1ccc(OCC(=O)OCC(=O)c2ccc(C)c([N+](=O)[O-])c2)cc1. The lowest BCUT2D eigenvalue weighted by atomic mass is 10.1. The summed E-state index contributed by atoms with van der Waals surface area (Å²) in [6, 6.07) is 10.4. The van der Waals surface area contributed by atoms with E-state index in [-0.39, 0.29) is 17.0 Å². The minimum absolute atomic E-state index is 0.000754. The number of ether oxygens (including phenoxy) is 2. The molecule has 2 rings (SSSR count). The van der Waals surface area contributed by atoms with Crippen LogP contribution in [0.5, 0.6) is 5.75 Å². The predicted octanol–water partition coefficient (Wildman–Crippen LogP) is 3.30. The van der Waals surface area contributed by atoms with Crippen molar-refractivity contribution in [1.29, 1.82) is 0 Å². The van der Waals surface area contributed by atoms with Crippen molar-refractivity contribution >= 4 is 23.2 Å². The van der Waals surface area contributed by atoms with E-state index in [9.17, 15) is 24.5 Å². The fourth-order valence-corrected chi connectivity index (χ4v) is 2.33. The molecule has 0 fully saturated rings. The molecule has 2 aromatic rings. The van der Waals surface area contributed by atoms with Crippen LogP contribution in [0, 0.1) is 17.0 Å². The maximum atomic E-state index is 12.1. The van der Waals surface area contributed by atoms with Gasteiger partial charge in [-0.15, -0.1) is 0 Å². The molecule has 0 radical (unpaired) electrons. The van der Waals surface area contributed by atoms with Crippen molar-refractivity contribution < 1.29 is 28.8 Å². The second-order valence-electron chi connectivity index (χ2n) is 5.93. The van der Waals surface area contributed by atoms with Gasteiger partial charge in [0, 0.05) is 29.2 Å². The van der Waals surface area contributed by atoms with E-state index in [1.54, 1.807) is 38.1 Å². The van der Waals surface area contributed by atoms with Crippen molar-refractivity contribution in [2.75, 3.05) is 13.2 Å². The molecule has 0 aliphatic carbocycles. The van der Waals surface area contributed by atoms with Gasteiger partial charge in [0.05, 0.1) is 4.92 Å². The number of benzene rings is 2. The van der Waals surface area contributed by atoms with Gasteiger partial charge < -0.3 is 9.47 Å². The van der Waals surface area contributed by atoms with Gasteiger partial charge in [-0.2, -0.15) is 0 Å². The van der Waals surface area contributed by atoms with Crippen LogP contribution in [-0.2, 0) is 9.53 Å². The number of aryl methyl sites for hydroxylation is 1. The van der Waals surface area contributed by atoms with Gasteiger partial charge in [0.15, 0.2) is 19.0 Å². The highest BCUT2D eigenvalue weighted by atomic mass is 16.6. The molecule has 28 heavy (non-hydrogen) atoms. The van der Waals surface area contributed by atoms with Crippen molar-refractivity contribution in [1.82, 2.24) is 0 Å². The molecular weight excluding hydrogens is 366 g/mol. The van der Waals surface area contributed by atoms with E-state index in [0.717, 1.165) is 6.07 Å². The number of esters is 1. The molecule has 146 valence electrons. The van der Waals surface area contributed by atoms with Gasteiger partial charge in [-0.25, -0.2) is 4.79 Å². The summed E-state index contributed by atoms with van der Waals surface area (Å²) in [6.07, 6.45) is 0.394. The highest BCUT2D eigenvalue weighted by Crippen LogP contribution is 2.19. The first-order valence-corrected chi connectivity index (χ1v) is 8.51. The number of hydrogen-bond donors (Lipinski definition) is 0. The smallest absolute Gasteiger partial charge is 0.344 e. The van der Waals surface area contributed by atoms with E-state index in [0.29, 0.717) is 23.3 Å². The monoisotopic (exact) mass is 385 g/mol. The number of nitrogens with zero attached hydrogens (tertiary/aromatic N) is 1. The Hall–Kier alpha value is -3.55. The van der Waals surface area contributed by atoms with E-state index in [2.05, 4.69) is 0 Å². The summed E-state index contributed by atoms with van der Waals surface area (Å²) in [7, 11) is 0. The summed E-state index contributed by atoms with van der Waals surface area (Å²) in [5.41, 5.74) is 0.890. The molecule has 0 atom stereocenters. The standard InChI is InChI=1S/C20H19NO7/c1-3-18(22)14-6-8-16(9-7-14)27-12-20(24)28-11-19(23)15-5-4-13(2)17(10-15)21(25)26/h4-10H,3,11-12H2,1-2H3. The molecular formula is C20H19NO7. The largest absolute Gasteiger partial charge is 0.482 e. The highest BCUT2D eigenvalue weighted by Gasteiger charge is 2.16. The Morgan fingerprint density at radius 1 is 0.964 bits per heavy atom. The van der Waals surface area contributed by atoms with Gasteiger partial charge >= 0.3 is 5.97 Å². The zero-order chi connectivity index (χ0) is 20.7. The first kappa shape index (κ1) is 20.8. The Kier molecular flexibility index (Phi) is 6.97. The lowest BCUT2D eigenvalue weighted by molar-refractivity contribution is -0.385. The lowest BCUT2D eigenvalue weighted by Gasteiger charge is -2.08. The Morgan fingerprint density at radius 2 is 1.61 bits per heavy atom. The van der Waals surface area contributed by atoms with E-state index in [4.69, 9.17) is 9.47 Å². The van der Waals surface area contributed by atoms with Gasteiger partial charge in [0.25, 0.3) is 5.69 Å². The zero-order valence-corrected chi connectivity index (χ0v) is 15.5. The molecule has 0 spiro atoms. The van der Waals surface area contributed by atoms with Gasteiger partial charge in [-0.3, -0.25) is 19.7 Å². The number of carbonyl (C=O) groups excluding carboxylic acids is 3. The zero-order valence-electron chi connectivity index (χ0n) is 15.5. The van der Waals surface area contributed by atoms with Crippen LogP contribution in [0.25, 0.3) is 0 Å². The Balaban J connectivity index is 1.85. The molecule has 0 unspecified atom stereocenters. The van der Waals surface area contributed by atoms with Gasteiger partial charge in [0.2, 0.25) is 5.78 Å². The first-order valence-electron chi connectivity index (χ1n) is 8.51. The fraction of sp³-hybridized carbons (Fsp3) is 0.250. The van der Waals surface area contributed by atoms with Crippen molar-refractivity contribution in [3.05, 3.63) is 69.3 Å². The third-order valence-corrected chi connectivity index (χ3v) is 3.95. The minimum Gasteiger partial charge on any atom is -0.482 e. The van der Waals surface area contributed by atoms with Gasteiger partial charge in [-0.05, 0) is 31.2 Å². The molecule has 8 heteroatoms. The molecule has 0 aromatic heterocycles. The van der Waals surface area contributed by atoms with Crippen LogP contribution in [0.3, 0.4) is 0 Å². The lowest BCUT2D eigenvalue weighted by Crippen LogP contribution is -2.19. The fourth-order valence-electron chi connectivity index (χ4n) is 2.33. The third kappa shape index (κ3) is 5.47. The topological polar surface area (TPSA) is 113 Å². The average molecular weight is 385 g/mol. The summed E-state index contributed by atoms with van der Waals surface area (Å²) in [5.74, 6) is -0.937. The highest BCUT2D eigenvalue weighted by molar-refractivity contribution is 5.98. The van der Waals surface area contributed by atoms with Crippen molar-refractivity contribution in [2.45, 2.75) is 20.3 Å². The summed E-state index contributed by atoms with van der Waals surface area (Å²) >= 11 is 0. The number of ketones is 2. The number of nitro groups is 1. The van der Waals surface area contributed by atoms with Crippen LogP contribution in [-0.4, -0.2) is 35.7 Å². The summed E-state index contributed by atoms with van der Waals surface area (Å²) in [6.45, 7) is 2.36. The van der Waals surface area contributed by atoms with E-state index < -0.39 is 29.9 Å². The summed E-state index contributed by atoms with van der Waals surface area (Å²) < 4.78 is 10.1. The van der Waals surface area contributed by atoms with Crippen LogP contribution in [0.15, 0.2) is 42.5 Å². The van der Waals surface area contributed by atoms with Crippen LogP contribution in [0.4, 0.5) is 5.69 Å². The molecule has 8 nitrogen and oxygen atoms in total. The molecule has 0 heterocycles. The average Bonchev–Trinajstić information content (AvgIpc) is 2.70. The van der Waals surface area contributed by atoms with Crippen LogP contribution in [0.2, 0.25) is 0 Å². The number of hydrogen-bond acceptors (Lipinski definition) is 7. The number of nitro benzene ring substituents is 1. The van der Waals surface area contributed by atoms with Crippen molar-refractivity contribution in [3.63, 3.8) is 0 Å². The van der Waals surface area contributed by atoms with Crippen LogP contribution >= 0.6 is 0 Å². The maximum absolute atomic E-state index is 12.1. The molecule has 0 aliphatic heterocycles. The van der Waals surface area contributed by atoms with Crippen molar-refractivity contribution in [2.24, 2.45) is 0 Å². The third-order valence-electron chi connectivity index (χ3n) is 3.95. The maximum Gasteiger partial charge on any atom is 0.344 e. The van der Waals surface area contributed by atoms with Gasteiger partial charge in [-0.1, -0.05) is 19.1 Å². The molecule has 0 amide bonds. The molecule has 0 saturated carbocycles. The summed E-state index contributed by atoms with van der Waals surface area (Å²) in [5, 5.41) is 10.9. The second kappa shape index (κ2) is 9.40.